The van der Waals surface area contributed by atoms with Crippen molar-refractivity contribution in [1.29, 1.82) is 0 Å². The van der Waals surface area contributed by atoms with Crippen LogP contribution in [0.1, 0.15) is 13.8 Å². The third-order valence-electron chi connectivity index (χ3n) is 1.38. The van der Waals surface area contributed by atoms with Crippen LogP contribution >= 0.6 is 10.7 Å². The van der Waals surface area contributed by atoms with Crippen LogP contribution < -0.4 is 0 Å². The maximum Gasteiger partial charge on any atom is 0.425 e. The van der Waals surface area contributed by atoms with Gasteiger partial charge >= 0.3 is 21.3 Å². The Morgan fingerprint density at radius 3 is 2.19 bits per heavy atom. The fourth-order valence-electron chi connectivity index (χ4n) is 0.729. The quantitative estimate of drug-likeness (QED) is 0.353. The predicted octanol–water partition coefficient (Wildman–Crippen LogP) is 0.915. The fourth-order valence-corrected chi connectivity index (χ4v) is 1.83. The first-order valence-corrected chi connectivity index (χ1v) is 6.17. The molecule has 1 N–H and O–H groups in total. The summed E-state index contributed by atoms with van der Waals surface area (Å²) in [5.41, 5.74) is 0.00385. The van der Waals surface area contributed by atoms with Gasteiger partial charge in [-0.05, 0) is 13.8 Å². The predicted molar refractivity (Wildman–Crippen MR) is 55.0 cm³/mol. The van der Waals surface area contributed by atoms with E-state index in [1.165, 1.54) is 6.92 Å². The number of halogens is 1. The highest BCUT2D eigenvalue weighted by molar-refractivity contribution is 8.12. The van der Waals surface area contributed by atoms with Crippen LogP contribution in [0.15, 0.2) is 12.2 Å². The van der Waals surface area contributed by atoms with Crippen molar-refractivity contribution in [1.82, 2.24) is 4.31 Å². The van der Waals surface area contributed by atoms with Gasteiger partial charge in [0.1, 0.15) is 0 Å². The number of carboxylic acid groups (broad SMARTS) is 1. The van der Waals surface area contributed by atoms with E-state index in [0.717, 1.165) is 6.92 Å². The third-order valence-corrected chi connectivity index (χ3v) is 2.75. The summed E-state index contributed by atoms with van der Waals surface area (Å²) in [5, 5.41) is 8.58. The standard InChI is InChI=1S/C7H10ClNO6S/c1-4(2)6(10)15-5(3)9(7(11)12)16(8,13)14/h5H,1H2,2-3H3,(H,11,12). The van der Waals surface area contributed by atoms with Crippen LogP contribution in [0.3, 0.4) is 0 Å². The van der Waals surface area contributed by atoms with Crippen molar-refractivity contribution in [2.45, 2.75) is 20.1 Å². The van der Waals surface area contributed by atoms with Crippen molar-refractivity contribution >= 4 is 32.0 Å². The molecule has 0 heterocycles. The zero-order chi connectivity index (χ0) is 13.1. The van der Waals surface area contributed by atoms with Gasteiger partial charge in [-0.3, -0.25) is 0 Å². The van der Waals surface area contributed by atoms with Gasteiger partial charge in [0.25, 0.3) is 0 Å². The van der Waals surface area contributed by atoms with E-state index in [-0.39, 0.29) is 9.88 Å². The van der Waals surface area contributed by atoms with E-state index in [1.807, 2.05) is 0 Å². The zero-order valence-corrected chi connectivity index (χ0v) is 10.1. The van der Waals surface area contributed by atoms with Crippen molar-refractivity contribution in [2.24, 2.45) is 0 Å². The maximum absolute atomic E-state index is 11.0. The summed E-state index contributed by atoms with van der Waals surface area (Å²) in [6.07, 6.45) is -3.42. The Bertz CT molecular complexity index is 417. The molecule has 0 radical (unpaired) electrons. The van der Waals surface area contributed by atoms with E-state index in [4.69, 9.17) is 15.8 Å². The van der Waals surface area contributed by atoms with Crippen LogP contribution in [0.4, 0.5) is 4.79 Å². The summed E-state index contributed by atoms with van der Waals surface area (Å²) in [7, 11) is 0.320. The molecule has 0 bridgehead atoms. The average Bonchev–Trinajstić information content (AvgIpc) is 1.99. The molecule has 1 amide bonds. The lowest BCUT2D eigenvalue weighted by Crippen LogP contribution is -2.42. The summed E-state index contributed by atoms with van der Waals surface area (Å²) in [6.45, 7) is 5.63. The second kappa shape index (κ2) is 5.17. The van der Waals surface area contributed by atoms with Crippen LogP contribution in [-0.2, 0) is 18.8 Å². The van der Waals surface area contributed by atoms with E-state index in [2.05, 4.69) is 11.3 Å². The van der Waals surface area contributed by atoms with Crippen molar-refractivity contribution in [3.63, 3.8) is 0 Å². The number of carbonyl (C=O) groups is 2. The lowest BCUT2D eigenvalue weighted by molar-refractivity contribution is -0.147. The minimum atomic E-state index is -4.54. The molecular formula is C7H10ClNO6S. The van der Waals surface area contributed by atoms with Gasteiger partial charge in [0.05, 0.1) is 0 Å². The Kier molecular flexibility index (Phi) is 4.76. The van der Waals surface area contributed by atoms with Gasteiger partial charge in [-0.2, -0.15) is 12.7 Å². The maximum atomic E-state index is 11.0. The average molecular weight is 272 g/mol. The summed E-state index contributed by atoms with van der Waals surface area (Å²) in [5.74, 6) is -0.918. The topological polar surface area (TPSA) is 101 Å². The minimum absolute atomic E-state index is 0.00385. The molecular weight excluding hydrogens is 262 g/mol. The normalized spacial score (nSPS) is 12.7. The second-order valence-electron chi connectivity index (χ2n) is 2.81. The molecule has 0 aliphatic rings. The second-order valence-corrected chi connectivity index (χ2v) is 5.19. The molecule has 1 atom stereocenters. The van der Waals surface area contributed by atoms with Gasteiger partial charge in [-0.15, -0.1) is 0 Å². The highest BCUT2D eigenvalue weighted by atomic mass is 35.7. The van der Waals surface area contributed by atoms with Gasteiger partial charge in [0.15, 0.2) is 6.23 Å². The SMILES string of the molecule is C=C(C)C(=O)OC(C)N(C(=O)O)S(=O)(=O)Cl. The number of amides is 1. The number of hydrogen-bond acceptors (Lipinski definition) is 5. The number of esters is 1. The Hall–Kier alpha value is -1.28. The van der Waals surface area contributed by atoms with E-state index in [1.54, 1.807) is 0 Å². The summed E-state index contributed by atoms with van der Waals surface area (Å²) in [6, 6.07) is 0. The first-order valence-electron chi connectivity index (χ1n) is 3.90. The van der Waals surface area contributed by atoms with Crippen LogP contribution in [0.5, 0.6) is 0 Å². The van der Waals surface area contributed by atoms with Gasteiger partial charge in [0, 0.05) is 16.3 Å². The smallest absolute Gasteiger partial charge is 0.425 e. The number of carbonyl (C=O) groups excluding carboxylic acids is 1. The lowest BCUT2D eigenvalue weighted by atomic mass is 10.4. The minimum Gasteiger partial charge on any atom is -0.464 e. The molecule has 0 rings (SSSR count). The Labute approximate surface area is 96.8 Å². The first-order chi connectivity index (χ1) is 7.07. The summed E-state index contributed by atoms with van der Waals surface area (Å²) < 4.78 is 26.0. The molecule has 0 aliphatic heterocycles. The van der Waals surface area contributed by atoms with E-state index < -0.39 is 27.5 Å². The Morgan fingerprint density at radius 1 is 1.50 bits per heavy atom. The third kappa shape index (κ3) is 4.07. The number of nitrogens with zero attached hydrogens (tertiary/aromatic N) is 1. The molecule has 0 saturated carbocycles. The molecule has 9 heteroatoms. The largest absolute Gasteiger partial charge is 0.464 e. The Balaban J connectivity index is 4.93. The molecule has 0 aromatic heterocycles. The van der Waals surface area contributed by atoms with Gasteiger partial charge in [0.2, 0.25) is 0 Å². The Morgan fingerprint density at radius 2 is 1.94 bits per heavy atom. The fraction of sp³-hybridized carbons (Fsp3) is 0.429. The molecule has 1 unspecified atom stereocenters. The zero-order valence-electron chi connectivity index (χ0n) is 8.51. The van der Waals surface area contributed by atoms with Crippen LogP contribution in [0.25, 0.3) is 0 Å². The molecule has 0 aliphatic carbocycles. The number of hydrogen-bond donors (Lipinski definition) is 1. The molecule has 92 valence electrons. The van der Waals surface area contributed by atoms with Crippen LogP contribution in [-0.4, -0.2) is 36.1 Å². The highest BCUT2D eigenvalue weighted by Gasteiger charge is 2.33. The van der Waals surface area contributed by atoms with Crippen molar-refractivity contribution < 1.29 is 27.9 Å². The molecule has 0 aromatic rings. The van der Waals surface area contributed by atoms with Gasteiger partial charge < -0.3 is 9.84 Å². The molecule has 0 aromatic carbocycles. The van der Waals surface area contributed by atoms with Gasteiger partial charge in [-0.25, -0.2) is 9.59 Å². The van der Waals surface area contributed by atoms with Crippen molar-refractivity contribution in [3.8, 4) is 0 Å². The van der Waals surface area contributed by atoms with E-state index in [9.17, 15) is 18.0 Å². The monoisotopic (exact) mass is 271 g/mol. The van der Waals surface area contributed by atoms with Crippen molar-refractivity contribution in [2.75, 3.05) is 0 Å². The molecule has 7 nitrogen and oxygen atoms in total. The molecule has 0 spiro atoms. The van der Waals surface area contributed by atoms with Gasteiger partial charge in [-0.1, -0.05) is 6.58 Å². The highest BCUT2D eigenvalue weighted by Crippen LogP contribution is 2.13. The lowest BCUT2D eigenvalue weighted by Gasteiger charge is -2.22. The molecule has 0 fully saturated rings. The van der Waals surface area contributed by atoms with E-state index >= 15 is 0 Å². The summed E-state index contributed by atoms with van der Waals surface area (Å²) in [4.78, 5) is 21.6. The first kappa shape index (κ1) is 14.7. The van der Waals surface area contributed by atoms with Crippen LogP contribution in [0, 0.1) is 0 Å². The van der Waals surface area contributed by atoms with Crippen molar-refractivity contribution in [3.05, 3.63) is 12.2 Å². The van der Waals surface area contributed by atoms with E-state index in [0.29, 0.717) is 0 Å². The number of rotatable bonds is 4. The number of ether oxygens (including phenoxy) is 1. The molecule has 0 saturated heterocycles. The van der Waals surface area contributed by atoms with Crippen LogP contribution in [0.2, 0.25) is 0 Å². The molecule has 16 heavy (non-hydrogen) atoms. The summed E-state index contributed by atoms with van der Waals surface area (Å²) >= 11 is 0.